The maximum atomic E-state index is 13.0. The lowest BCUT2D eigenvalue weighted by molar-refractivity contribution is -0.917. The molecule has 4 rings (SSSR count). The molecule has 2 fully saturated rings. The Morgan fingerprint density at radius 3 is 2.54 bits per heavy atom. The number of nitrogens with zero attached hydrogens (tertiary/aromatic N) is 2. The van der Waals surface area contributed by atoms with Gasteiger partial charge in [0.05, 0.1) is 26.2 Å². The van der Waals surface area contributed by atoms with Crippen molar-refractivity contribution < 1.29 is 14.5 Å². The van der Waals surface area contributed by atoms with Gasteiger partial charge in [0.2, 0.25) is 5.91 Å². The molecule has 2 aromatic rings. The molecule has 146 valence electrons. The number of hydrogen-bond acceptors (Lipinski definition) is 2. The van der Waals surface area contributed by atoms with Gasteiger partial charge in [0, 0.05) is 29.8 Å². The van der Waals surface area contributed by atoms with Crippen LogP contribution in [0.4, 0.5) is 5.69 Å². The Kier molecular flexibility index (Phi) is 5.44. The number of quaternary nitrogens is 1. The first-order valence-electron chi connectivity index (χ1n) is 10.2. The molecule has 0 unspecified atom stereocenters. The van der Waals surface area contributed by atoms with Crippen LogP contribution < -0.4 is 9.80 Å². The van der Waals surface area contributed by atoms with Gasteiger partial charge >= 0.3 is 0 Å². The fourth-order valence-corrected chi connectivity index (χ4v) is 4.19. The van der Waals surface area contributed by atoms with Gasteiger partial charge in [0.1, 0.15) is 6.54 Å². The minimum Gasteiger partial charge on any atom is -0.328 e. The zero-order valence-electron chi connectivity index (χ0n) is 16.5. The monoisotopic (exact) mass is 378 g/mol. The number of hydrogen-bond donors (Lipinski definition) is 1. The van der Waals surface area contributed by atoms with Gasteiger partial charge in [-0.05, 0) is 37.1 Å². The number of amides is 2. The lowest BCUT2D eigenvalue weighted by Gasteiger charge is -2.32. The van der Waals surface area contributed by atoms with Crippen LogP contribution in [0.1, 0.15) is 34.3 Å². The summed E-state index contributed by atoms with van der Waals surface area (Å²) in [5.74, 6) is 0.224. The first-order valence-corrected chi connectivity index (χ1v) is 10.2. The lowest BCUT2D eigenvalue weighted by atomic mass is 10.1. The van der Waals surface area contributed by atoms with E-state index in [1.807, 2.05) is 29.2 Å². The molecular formula is C23H28N3O2+. The van der Waals surface area contributed by atoms with Crippen LogP contribution in [0, 0.1) is 6.92 Å². The van der Waals surface area contributed by atoms with Crippen molar-refractivity contribution in [1.29, 1.82) is 0 Å². The van der Waals surface area contributed by atoms with E-state index in [2.05, 4.69) is 31.2 Å². The van der Waals surface area contributed by atoms with Gasteiger partial charge in [-0.1, -0.05) is 30.3 Å². The second-order valence-corrected chi connectivity index (χ2v) is 7.84. The van der Waals surface area contributed by atoms with Crippen molar-refractivity contribution in [2.24, 2.45) is 0 Å². The summed E-state index contributed by atoms with van der Waals surface area (Å²) in [5, 5.41) is 0. The molecule has 2 saturated heterocycles. The van der Waals surface area contributed by atoms with Crippen molar-refractivity contribution >= 4 is 17.5 Å². The van der Waals surface area contributed by atoms with E-state index < -0.39 is 0 Å². The van der Waals surface area contributed by atoms with E-state index in [0.29, 0.717) is 12.0 Å². The zero-order valence-corrected chi connectivity index (χ0v) is 16.5. The minimum atomic E-state index is 0.0726. The maximum Gasteiger partial charge on any atom is 0.254 e. The Balaban J connectivity index is 1.38. The topological polar surface area (TPSA) is 45.1 Å². The second kappa shape index (κ2) is 8.15. The molecule has 2 aromatic carbocycles. The van der Waals surface area contributed by atoms with Crippen LogP contribution in [-0.4, -0.2) is 49.4 Å². The molecule has 0 bridgehead atoms. The number of nitrogens with one attached hydrogen (secondary N) is 1. The van der Waals surface area contributed by atoms with Crippen LogP contribution in [0.5, 0.6) is 0 Å². The molecule has 0 saturated carbocycles. The third-order valence-electron chi connectivity index (χ3n) is 5.94. The number of piperazine rings is 1. The molecular weight excluding hydrogens is 350 g/mol. The van der Waals surface area contributed by atoms with Crippen molar-refractivity contribution in [3.05, 3.63) is 65.2 Å². The normalized spacial score (nSPS) is 18.0. The van der Waals surface area contributed by atoms with E-state index in [9.17, 15) is 9.59 Å². The number of carbonyl (C=O) groups excluding carboxylic acids is 2. The molecule has 0 aliphatic carbocycles. The fourth-order valence-electron chi connectivity index (χ4n) is 4.19. The number of carbonyl (C=O) groups is 2. The minimum absolute atomic E-state index is 0.0726. The molecule has 1 N–H and O–H groups in total. The van der Waals surface area contributed by atoms with Crippen LogP contribution in [0.25, 0.3) is 0 Å². The predicted molar refractivity (Wildman–Crippen MR) is 110 cm³/mol. The third kappa shape index (κ3) is 3.94. The van der Waals surface area contributed by atoms with Crippen molar-refractivity contribution in [2.45, 2.75) is 26.3 Å². The summed E-state index contributed by atoms with van der Waals surface area (Å²) in [5.41, 5.74) is 4.25. The zero-order chi connectivity index (χ0) is 19.5. The molecule has 5 nitrogen and oxygen atoms in total. The van der Waals surface area contributed by atoms with Gasteiger partial charge in [-0.3, -0.25) is 9.59 Å². The van der Waals surface area contributed by atoms with E-state index >= 15 is 0 Å². The second-order valence-electron chi connectivity index (χ2n) is 7.84. The van der Waals surface area contributed by atoms with Crippen LogP contribution in [0.15, 0.2) is 48.5 Å². The van der Waals surface area contributed by atoms with Gasteiger partial charge in [-0.25, -0.2) is 0 Å². The van der Waals surface area contributed by atoms with E-state index in [1.165, 1.54) is 16.0 Å². The summed E-state index contributed by atoms with van der Waals surface area (Å²) in [6, 6.07) is 16.1. The predicted octanol–water partition coefficient (Wildman–Crippen LogP) is 1.66. The Morgan fingerprint density at radius 2 is 1.82 bits per heavy atom. The summed E-state index contributed by atoms with van der Waals surface area (Å²) in [6.45, 7) is 7.39. The highest BCUT2D eigenvalue weighted by atomic mass is 16.2. The highest BCUT2D eigenvalue weighted by Crippen LogP contribution is 2.23. The summed E-state index contributed by atoms with van der Waals surface area (Å²) < 4.78 is 0. The summed E-state index contributed by atoms with van der Waals surface area (Å²) in [7, 11) is 0. The summed E-state index contributed by atoms with van der Waals surface area (Å²) >= 11 is 0. The lowest BCUT2D eigenvalue weighted by Crippen LogP contribution is -3.13. The number of benzene rings is 2. The first kappa shape index (κ1) is 18.7. The molecule has 2 aliphatic rings. The Labute approximate surface area is 166 Å². The number of anilines is 1. The quantitative estimate of drug-likeness (QED) is 0.880. The van der Waals surface area contributed by atoms with E-state index in [4.69, 9.17) is 0 Å². The van der Waals surface area contributed by atoms with E-state index in [-0.39, 0.29) is 11.8 Å². The molecule has 2 aliphatic heterocycles. The van der Waals surface area contributed by atoms with Crippen LogP contribution in [0.3, 0.4) is 0 Å². The smallest absolute Gasteiger partial charge is 0.254 e. The Bertz CT molecular complexity index is 872. The average Bonchev–Trinajstić information content (AvgIpc) is 3.16. The maximum absolute atomic E-state index is 13.0. The molecule has 28 heavy (non-hydrogen) atoms. The van der Waals surface area contributed by atoms with Crippen molar-refractivity contribution in [3.8, 4) is 0 Å². The van der Waals surface area contributed by atoms with Crippen LogP contribution in [0.2, 0.25) is 0 Å². The van der Waals surface area contributed by atoms with Crippen LogP contribution in [-0.2, 0) is 11.3 Å². The van der Waals surface area contributed by atoms with Crippen LogP contribution >= 0.6 is 0 Å². The summed E-state index contributed by atoms with van der Waals surface area (Å²) in [6.07, 6.45) is 1.49. The SMILES string of the molecule is Cc1ccccc1C[NH+]1CCN(C(=O)c2cccc(N3CCCC3=O)c2)CC1. The number of rotatable bonds is 4. The molecule has 5 heteroatoms. The van der Waals surface area contributed by atoms with Gasteiger partial charge < -0.3 is 14.7 Å². The Hall–Kier alpha value is -2.66. The third-order valence-corrected chi connectivity index (χ3v) is 5.94. The fraction of sp³-hybridized carbons (Fsp3) is 0.391. The standard InChI is InChI=1S/C23H27N3O2/c1-18-6-2-3-7-20(18)17-24-12-14-25(15-13-24)23(28)19-8-4-9-21(16-19)26-11-5-10-22(26)27/h2-4,6-9,16H,5,10-15,17H2,1H3/p+1. The Morgan fingerprint density at radius 1 is 1.04 bits per heavy atom. The molecule has 0 radical (unpaired) electrons. The van der Waals surface area contributed by atoms with Gasteiger partial charge in [0.25, 0.3) is 5.91 Å². The molecule has 2 heterocycles. The molecule has 0 atom stereocenters. The molecule has 0 spiro atoms. The highest BCUT2D eigenvalue weighted by Gasteiger charge is 2.26. The average molecular weight is 378 g/mol. The summed E-state index contributed by atoms with van der Waals surface area (Å²) in [4.78, 5) is 30.2. The van der Waals surface area contributed by atoms with Gasteiger partial charge in [-0.15, -0.1) is 0 Å². The van der Waals surface area contributed by atoms with E-state index in [1.54, 1.807) is 4.90 Å². The van der Waals surface area contributed by atoms with E-state index in [0.717, 1.165) is 51.4 Å². The van der Waals surface area contributed by atoms with Gasteiger partial charge in [-0.2, -0.15) is 0 Å². The van der Waals surface area contributed by atoms with Crippen molar-refractivity contribution in [1.82, 2.24) is 4.90 Å². The molecule has 0 aromatic heterocycles. The van der Waals surface area contributed by atoms with Crippen molar-refractivity contribution in [2.75, 3.05) is 37.6 Å². The van der Waals surface area contributed by atoms with Crippen molar-refractivity contribution in [3.63, 3.8) is 0 Å². The van der Waals surface area contributed by atoms with Gasteiger partial charge in [0.15, 0.2) is 0 Å². The first-order chi connectivity index (χ1) is 13.6. The molecule has 2 amide bonds. The number of aryl methyl sites for hydroxylation is 1. The highest BCUT2D eigenvalue weighted by molar-refractivity contribution is 5.99. The largest absolute Gasteiger partial charge is 0.328 e.